The Morgan fingerprint density at radius 3 is 2.48 bits per heavy atom. The average Bonchev–Trinajstić information content (AvgIpc) is 2.88. The van der Waals surface area contributed by atoms with Crippen LogP contribution in [-0.4, -0.2) is 28.5 Å². The maximum absolute atomic E-state index is 12.5. The number of aromatic nitrogens is 2. The zero-order valence-electron chi connectivity index (χ0n) is 13.4. The van der Waals surface area contributed by atoms with Gasteiger partial charge in [-0.2, -0.15) is 0 Å². The zero-order chi connectivity index (χ0) is 16.0. The Morgan fingerprint density at radius 2 is 2.05 bits per heavy atom. The van der Waals surface area contributed by atoms with Crippen molar-refractivity contribution in [2.24, 2.45) is 11.3 Å². The molecule has 1 rings (SSSR count). The van der Waals surface area contributed by atoms with Gasteiger partial charge in [0.1, 0.15) is 11.7 Å². The van der Waals surface area contributed by atoms with E-state index in [1.807, 2.05) is 27.7 Å². The molecule has 21 heavy (non-hydrogen) atoms. The smallest absolute Gasteiger partial charge is 0.319 e. The minimum atomic E-state index is -0.846. The summed E-state index contributed by atoms with van der Waals surface area (Å²) >= 11 is 0. The lowest BCUT2D eigenvalue weighted by atomic mass is 9.80. The topological polar surface area (TPSA) is 84.1 Å². The van der Waals surface area contributed by atoms with Gasteiger partial charge < -0.3 is 15.0 Å². The van der Waals surface area contributed by atoms with E-state index in [9.17, 15) is 9.59 Å². The molecular formula is C15H25N3O3. The lowest BCUT2D eigenvalue weighted by Gasteiger charge is -2.29. The van der Waals surface area contributed by atoms with E-state index in [2.05, 4.69) is 15.3 Å². The van der Waals surface area contributed by atoms with Gasteiger partial charge in [0.05, 0.1) is 12.6 Å². The molecule has 6 heteroatoms. The van der Waals surface area contributed by atoms with Gasteiger partial charge in [-0.05, 0) is 18.8 Å². The summed E-state index contributed by atoms with van der Waals surface area (Å²) < 4.78 is 5.03. The Hall–Kier alpha value is -1.85. The van der Waals surface area contributed by atoms with Gasteiger partial charge in [0.25, 0.3) is 0 Å². The van der Waals surface area contributed by atoms with Crippen LogP contribution in [0.2, 0.25) is 0 Å². The Bertz CT molecular complexity index is 463. The van der Waals surface area contributed by atoms with Crippen molar-refractivity contribution in [1.29, 1.82) is 0 Å². The number of nitrogens with zero attached hydrogens (tertiary/aromatic N) is 1. The molecule has 2 unspecified atom stereocenters. The van der Waals surface area contributed by atoms with E-state index < -0.39 is 17.3 Å². The van der Waals surface area contributed by atoms with Crippen molar-refractivity contribution < 1.29 is 14.3 Å². The number of hydrogen-bond acceptors (Lipinski definition) is 4. The molecule has 118 valence electrons. The molecule has 0 aliphatic carbocycles. The Kier molecular flexibility index (Phi) is 5.93. The van der Waals surface area contributed by atoms with E-state index in [-0.39, 0.29) is 18.6 Å². The van der Waals surface area contributed by atoms with E-state index in [0.717, 1.165) is 0 Å². The third-order valence-corrected chi connectivity index (χ3v) is 3.22. The third kappa shape index (κ3) is 4.58. The maximum atomic E-state index is 12.5. The van der Waals surface area contributed by atoms with Crippen molar-refractivity contribution >= 4 is 11.9 Å². The Labute approximate surface area is 125 Å². The standard InChI is InChI=1S/C15H25N3O3/c1-6-10(12-16-8-9-17-12)18-13(19)11(15(3,4)5)14(20)21-7-2/h8-11H,6-7H2,1-5H3,(H,16,17)(H,18,19). The number of ether oxygens (including phenoxy) is 1. The second-order valence-corrected chi connectivity index (χ2v) is 5.99. The predicted molar refractivity (Wildman–Crippen MR) is 79.3 cm³/mol. The molecule has 0 fully saturated rings. The molecule has 1 aromatic heterocycles. The molecule has 0 bridgehead atoms. The highest BCUT2D eigenvalue weighted by molar-refractivity contribution is 5.98. The van der Waals surface area contributed by atoms with Crippen LogP contribution < -0.4 is 5.32 Å². The first kappa shape index (κ1) is 17.2. The van der Waals surface area contributed by atoms with E-state index in [0.29, 0.717) is 12.2 Å². The molecule has 1 heterocycles. The number of amides is 1. The van der Waals surface area contributed by atoms with E-state index in [1.54, 1.807) is 19.3 Å². The second kappa shape index (κ2) is 7.24. The minimum absolute atomic E-state index is 0.244. The van der Waals surface area contributed by atoms with E-state index >= 15 is 0 Å². The molecule has 0 saturated heterocycles. The van der Waals surface area contributed by atoms with Gasteiger partial charge >= 0.3 is 5.97 Å². The number of carbonyl (C=O) groups excluding carboxylic acids is 2. The van der Waals surface area contributed by atoms with Gasteiger partial charge in [0, 0.05) is 12.4 Å². The summed E-state index contributed by atoms with van der Waals surface area (Å²) in [5, 5.41) is 2.88. The molecule has 2 atom stereocenters. The van der Waals surface area contributed by atoms with Crippen molar-refractivity contribution in [2.45, 2.75) is 47.1 Å². The third-order valence-electron chi connectivity index (χ3n) is 3.22. The number of esters is 1. The van der Waals surface area contributed by atoms with Gasteiger partial charge in [0.15, 0.2) is 0 Å². The number of aromatic amines is 1. The van der Waals surface area contributed by atoms with Gasteiger partial charge in [-0.3, -0.25) is 9.59 Å². The number of nitrogens with one attached hydrogen (secondary N) is 2. The molecule has 0 aromatic carbocycles. The summed E-state index contributed by atoms with van der Waals surface area (Å²) in [7, 11) is 0. The highest BCUT2D eigenvalue weighted by atomic mass is 16.5. The second-order valence-electron chi connectivity index (χ2n) is 5.99. The van der Waals surface area contributed by atoms with Crippen molar-refractivity contribution in [1.82, 2.24) is 15.3 Å². The Morgan fingerprint density at radius 1 is 1.38 bits per heavy atom. The number of imidazole rings is 1. The largest absolute Gasteiger partial charge is 0.465 e. The molecular weight excluding hydrogens is 270 g/mol. The summed E-state index contributed by atoms with van der Waals surface area (Å²) in [5.74, 6) is -0.982. The first-order valence-corrected chi connectivity index (χ1v) is 7.27. The predicted octanol–water partition coefficient (Wildman–Crippen LogP) is 2.20. The van der Waals surface area contributed by atoms with Gasteiger partial charge in [-0.1, -0.05) is 27.7 Å². The number of rotatable bonds is 6. The quantitative estimate of drug-likeness (QED) is 0.622. The molecule has 1 amide bonds. The number of hydrogen-bond donors (Lipinski definition) is 2. The number of carbonyl (C=O) groups is 2. The zero-order valence-corrected chi connectivity index (χ0v) is 13.4. The van der Waals surface area contributed by atoms with Crippen molar-refractivity contribution in [2.75, 3.05) is 6.61 Å². The lowest BCUT2D eigenvalue weighted by Crippen LogP contribution is -2.44. The summed E-state index contributed by atoms with van der Waals surface area (Å²) in [6.45, 7) is 9.48. The first-order chi connectivity index (χ1) is 9.81. The van der Waals surface area contributed by atoms with Crippen LogP contribution in [0.15, 0.2) is 12.4 Å². The number of H-pyrrole nitrogens is 1. The fourth-order valence-corrected chi connectivity index (χ4v) is 2.17. The van der Waals surface area contributed by atoms with Crippen molar-refractivity contribution in [3.05, 3.63) is 18.2 Å². The average molecular weight is 295 g/mol. The van der Waals surface area contributed by atoms with Crippen molar-refractivity contribution in [3.63, 3.8) is 0 Å². The van der Waals surface area contributed by atoms with Gasteiger partial charge in [-0.25, -0.2) is 4.98 Å². The molecule has 0 spiro atoms. The van der Waals surface area contributed by atoms with Crippen LogP contribution >= 0.6 is 0 Å². The Balaban J connectivity index is 2.88. The highest BCUT2D eigenvalue weighted by Crippen LogP contribution is 2.28. The fraction of sp³-hybridized carbons (Fsp3) is 0.667. The van der Waals surface area contributed by atoms with E-state index in [4.69, 9.17) is 4.74 Å². The molecule has 0 saturated carbocycles. The minimum Gasteiger partial charge on any atom is -0.465 e. The monoisotopic (exact) mass is 295 g/mol. The fourth-order valence-electron chi connectivity index (χ4n) is 2.17. The van der Waals surface area contributed by atoms with Crippen LogP contribution in [0.4, 0.5) is 0 Å². The van der Waals surface area contributed by atoms with Crippen LogP contribution in [0.25, 0.3) is 0 Å². The van der Waals surface area contributed by atoms with Crippen LogP contribution in [0.5, 0.6) is 0 Å². The summed E-state index contributed by atoms with van der Waals surface area (Å²) in [6, 6.07) is -0.244. The van der Waals surface area contributed by atoms with Crippen LogP contribution in [0.1, 0.15) is 52.9 Å². The maximum Gasteiger partial charge on any atom is 0.319 e. The van der Waals surface area contributed by atoms with Crippen LogP contribution in [0.3, 0.4) is 0 Å². The molecule has 0 aliphatic rings. The van der Waals surface area contributed by atoms with Gasteiger partial charge in [-0.15, -0.1) is 0 Å². The molecule has 1 aromatic rings. The summed E-state index contributed by atoms with van der Waals surface area (Å²) in [5.41, 5.74) is -0.516. The van der Waals surface area contributed by atoms with Crippen LogP contribution in [-0.2, 0) is 14.3 Å². The molecule has 0 aliphatic heterocycles. The van der Waals surface area contributed by atoms with Crippen LogP contribution in [0, 0.1) is 11.3 Å². The highest BCUT2D eigenvalue weighted by Gasteiger charge is 2.39. The van der Waals surface area contributed by atoms with Gasteiger partial charge in [0.2, 0.25) is 5.91 Å². The SMILES string of the molecule is CCOC(=O)C(C(=O)NC(CC)c1ncc[nH]1)C(C)(C)C. The normalized spacial score (nSPS) is 14.3. The first-order valence-electron chi connectivity index (χ1n) is 7.27. The summed E-state index contributed by atoms with van der Waals surface area (Å²) in [6.07, 6.45) is 4.02. The van der Waals surface area contributed by atoms with Crippen molar-refractivity contribution in [3.8, 4) is 0 Å². The molecule has 0 radical (unpaired) electrons. The summed E-state index contributed by atoms with van der Waals surface area (Å²) in [4.78, 5) is 31.7. The van der Waals surface area contributed by atoms with E-state index in [1.165, 1.54) is 0 Å². The molecule has 6 nitrogen and oxygen atoms in total. The lowest BCUT2D eigenvalue weighted by molar-refractivity contribution is -0.156. The molecule has 2 N–H and O–H groups in total.